The fraction of sp³-hybridized carbons (Fsp3) is 0.611. The molecule has 2 heterocycles. The van der Waals surface area contributed by atoms with Gasteiger partial charge in [-0.2, -0.15) is 0 Å². The molecule has 0 unspecified atom stereocenters. The van der Waals surface area contributed by atoms with Crippen LogP contribution in [0.4, 0.5) is 0 Å². The lowest BCUT2D eigenvalue weighted by Crippen LogP contribution is -2.35. The lowest BCUT2D eigenvalue weighted by Gasteiger charge is -2.32. The maximum Gasteiger partial charge on any atom is 0.220 e. The third-order valence-electron chi connectivity index (χ3n) is 5.05. The zero-order chi connectivity index (χ0) is 16.4. The van der Waals surface area contributed by atoms with E-state index in [0.29, 0.717) is 18.4 Å². The summed E-state index contributed by atoms with van der Waals surface area (Å²) in [7, 11) is 0. The van der Waals surface area contributed by atoms with Crippen LogP contribution < -0.4 is 5.32 Å². The Kier molecular flexibility index (Phi) is 4.47. The van der Waals surface area contributed by atoms with Crippen LogP contribution in [-0.2, 0) is 11.3 Å². The monoisotopic (exact) mass is 328 g/mol. The Morgan fingerprint density at radius 2 is 2.12 bits per heavy atom. The maximum atomic E-state index is 11.9. The molecule has 1 aromatic heterocycles. The van der Waals surface area contributed by atoms with E-state index in [4.69, 9.17) is 4.63 Å². The molecule has 6 nitrogen and oxygen atoms in total. The Balaban J connectivity index is 1.28. The number of aromatic nitrogens is 2. The van der Waals surface area contributed by atoms with Crippen LogP contribution in [0.1, 0.15) is 44.1 Å². The molecule has 2 fully saturated rings. The Morgan fingerprint density at radius 1 is 1.25 bits per heavy atom. The van der Waals surface area contributed by atoms with Crippen LogP contribution in [0.25, 0.3) is 11.0 Å². The number of piperidine rings is 1. The lowest BCUT2D eigenvalue weighted by molar-refractivity contribution is -0.121. The molecule has 1 aliphatic heterocycles. The number of nitrogens with one attached hydrogen (secondary N) is 1. The van der Waals surface area contributed by atoms with Gasteiger partial charge in [0, 0.05) is 25.6 Å². The summed E-state index contributed by atoms with van der Waals surface area (Å²) in [5.74, 6) is 0.861. The van der Waals surface area contributed by atoms with Crippen molar-refractivity contribution in [2.24, 2.45) is 5.92 Å². The van der Waals surface area contributed by atoms with Gasteiger partial charge in [-0.3, -0.25) is 9.69 Å². The molecular formula is C18H24N4O2. The van der Waals surface area contributed by atoms with Crippen molar-refractivity contribution in [2.75, 3.05) is 13.1 Å². The van der Waals surface area contributed by atoms with Gasteiger partial charge in [0.2, 0.25) is 5.91 Å². The summed E-state index contributed by atoms with van der Waals surface area (Å²) in [6.07, 6.45) is 6.44. The predicted molar refractivity (Wildman–Crippen MR) is 90.2 cm³/mol. The quantitative estimate of drug-likeness (QED) is 0.882. The Bertz CT molecular complexity index is 710. The van der Waals surface area contributed by atoms with Gasteiger partial charge in [0.05, 0.1) is 0 Å². The third kappa shape index (κ3) is 3.93. The molecule has 0 bridgehead atoms. The van der Waals surface area contributed by atoms with Gasteiger partial charge in [-0.05, 0) is 72.6 Å². The minimum absolute atomic E-state index is 0.235. The van der Waals surface area contributed by atoms with E-state index in [-0.39, 0.29) is 5.91 Å². The Hall–Kier alpha value is -1.95. The molecule has 1 saturated carbocycles. The molecule has 0 radical (unpaired) electrons. The number of benzene rings is 1. The van der Waals surface area contributed by atoms with Gasteiger partial charge in [0.1, 0.15) is 11.0 Å². The molecular weight excluding hydrogens is 304 g/mol. The highest BCUT2D eigenvalue weighted by molar-refractivity contribution is 5.76. The van der Waals surface area contributed by atoms with E-state index in [0.717, 1.165) is 49.9 Å². The summed E-state index contributed by atoms with van der Waals surface area (Å²) in [6, 6.07) is 6.59. The highest BCUT2D eigenvalue weighted by Gasteiger charge is 2.25. The zero-order valence-corrected chi connectivity index (χ0v) is 13.9. The van der Waals surface area contributed by atoms with E-state index in [9.17, 15) is 4.79 Å². The fourth-order valence-corrected chi connectivity index (χ4v) is 3.58. The van der Waals surface area contributed by atoms with Gasteiger partial charge in [0.15, 0.2) is 0 Å². The zero-order valence-electron chi connectivity index (χ0n) is 13.9. The normalized spacial score (nSPS) is 21.9. The Morgan fingerprint density at radius 3 is 3.00 bits per heavy atom. The van der Waals surface area contributed by atoms with E-state index < -0.39 is 0 Å². The van der Waals surface area contributed by atoms with E-state index in [1.807, 2.05) is 6.07 Å². The summed E-state index contributed by atoms with van der Waals surface area (Å²) < 4.78 is 4.76. The van der Waals surface area contributed by atoms with Crippen molar-refractivity contribution in [3.05, 3.63) is 23.8 Å². The molecule has 1 atom stereocenters. The average molecular weight is 328 g/mol. The number of hydrogen-bond donors (Lipinski definition) is 1. The summed E-state index contributed by atoms with van der Waals surface area (Å²) >= 11 is 0. The van der Waals surface area contributed by atoms with Crippen molar-refractivity contribution in [3.8, 4) is 0 Å². The van der Waals surface area contributed by atoms with Gasteiger partial charge in [-0.1, -0.05) is 6.07 Å². The van der Waals surface area contributed by atoms with E-state index >= 15 is 0 Å². The van der Waals surface area contributed by atoms with E-state index in [2.05, 4.69) is 32.7 Å². The first-order valence-corrected chi connectivity index (χ1v) is 8.99. The van der Waals surface area contributed by atoms with Crippen molar-refractivity contribution in [1.29, 1.82) is 0 Å². The van der Waals surface area contributed by atoms with Crippen LogP contribution in [0.15, 0.2) is 22.8 Å². The number of hydrogen-bond acceptors (Lipinski definition) is 5. The molecule has 1 N–H and O–H groups in total. The van der Waals surface area contributed by atoms with Crippen LogP contribution in [-0.4, -0.2) is 40.3 Å². The molecule has 1 saturated heterocycles. The SMILES string of the molecule is O=C(CC[C@@H]1CCCN(Cc2ccc3nonc3c2)C1)NC1CC1. The van der Waals surface area contributed by atoms with Crippen molar-refractivity contribution in [1.82, 2.24) is 20.5 Å². The number of rotatable bonds is 6. The molecule has 128 valence electrons. The first kappa shape index (κ1) is 15.6. The number of likely N-dealkylation sites (tertiary alicyclic amines) is 1. The molecule has 1 aliphatic carbocycles. The third-order valence-corrected chi connectivity index (χ3v) is 5.05. The van der Waals surface area contributed by atoms with Gasteiger partial charge < -0.3 is 5.32 Å². The summed E-state index contributed by atoms with van der Waals surface area (Å²) in [6.45, 7) is 3.12. The van der Waals surface area contributed by atoms with Crippen LogP contribution in [0.2, 0.25) is 0 Å². The Labute approximate surface area is 141 Å². The van der Waals surface area contributed by atoms with Gasteiger partial charge in [-0.15, -0.1) is 0 Å². The maximum absolute atomic E-state index is 11.9. The second kappa shape index (κ2) is 6.89. The van der Waals surface area contributed by atoms with E-state index in [1.165, 1.54) is 18.4 Å². The lowest BCUT2D eigenvalue weighted by atomic mass is 9.93. The van der Waals surface area contributed by atoms with Crippen molar-refractivity contribution < 1.29 is 9.42 Å². The van der Waals surface area contributed by atoms with Crippen molar-refractivity contribution in [3.63, 3.8) is 0 Å². The van der Waals surface area contributed by atoms with Gasteiger partial charge in [0.25, 0.3) is 0 Å². The van der Waals surface area contributed by atoms with Crippen LogP contribution in [0.5, 0.6) is 0 Å². The minimum atomic E-state index is 0.235. The molecule has 4 rings (SSSR count). The number of carbonyl (C=O) groups is 1. The molecule has 1 aromatic carbocycles. The number of fused-ring (bicyclic) bond motifs is 1. The number of amides is 1. The standard InChI is InChI=1S/C18H24N4O2/c23-18(19-15-5-6-15)8-4-13-2-1-9-22(11-13)12-14-3-7-16-17(10-14)21-24-20-16/h3,7,10,13,15H,1-2,4-6,8-9,11-12H2,(H,19,23)/t13-/m0/s1. The minimum Gasteiger partial charge on any atom is -0.353 e. The molecule has 0 spiro atoms. The summed E-state index contributed by atoms with van der Waals surface area (Å²) in [5.41, 5.74) is 2.86. The summed E-state index contributed by atoms with van der Waals surface area (Å²) in [5, 5.41) is 10.8. The second-order valence-corrected chi connectivity index (χ2v) is 7.21. The molecule has 24 heavy (non-hydrogen) atoms. The van der Waals surface area contributed by atoms with Gasteiger partial charge in [-0.25, -0.2) is 4.63 Å². The largest absolute Gasteiger partial charge is 0.353 e. The van der Waals surface area contributed by atoms with Crippen LogP contribution in [0.3, 0.4) is 0 Å². The highest BCUT2D eigenvalue weighted by atomic mass is 16.6. The van der Waals surface area contributed by atoms with E-state index in [1.54, 1.807) is 0 Å². The highest BCUT2D eigenvalue weighted by Crippen LogP contribution is 2.24. The first-order chi connectivity index (χ1) is 11.8. The second-order valence-electron chi connectivity index (χ2n) is 7.21. The molecule has 6 heteroatoms. The first-order valence-electron chi connectivity index (χ1n) is 8.99. The average Bonchev–Trinajstić information content (AvgIpc) is 3.27. The number of nitrogens with zero attached hydrogens (tertiary/aromatic N) is 3. The predicted octanol–water partition coefficient (Wildman–Crippen LogP) is 2.49. The van der Waals surface area contributed by atoms with Crippen molar-refractivity contribution >= 4 is 16.9 Å². The number of carbonyl (C=O) groups excluding carboxylic acids is 1. The smallest absolute Gasteiger partial charge is 0.220 e. The molecule has 2 aliphatic rings. The van der Waals surface area contributed by atoms with Crippen LogP contribution >= 0.6 is 0 Å². The molecule has 2 aromatic rings. The van der Waals surface area contributed by atoms with Gasteiger partial charge >= 0.3 is 0 Å². The fourth-order valence-electron chi connectivity index (χ4n) is 3.58. The topological polar surface area (TPSA) is 71.3 Å². The van der Waals surface area contributed by atoms with Crippen LogP contribution in [0, 0.1) is 5.92 Å². The summed E-state index contributed by atoms with van der Waals surface area (Å²) in [4.78, 5) is 14.3. The van der Waals surface area contributed by atoms with Crippen molar-refractivity contribution in [2.45, 2.75) is 51.1 Å². The molecule has 1 amide bonds.